The Morgan fingerprint density at radius 2 is 1.95 bits per heavy atom. The van der Waals surface area contributed by atoms with Crippen molar-refractivity contribution in [2.75, 3.05) is 13.2 Å². The van der Waals surface area contributed by atoms with Crippen molar-refractivity contribution >= 4 is 5.91 Å². The number of carbonyl (C=O) groups excluding carboxylic acids is 1. The van der Waals surface area contributed by atoms with E-state index < -0.39 is 0 Å². The molecule has 7 heteroatoms. The van der Waals surface area contributed by atoms with Gasteiger partial charge in [0, 0.05) is 0 Å². The Kier molecular flexibility index (Phi) is 4.75. The van der Waals surface area contributed by atoms with Gasteiger partial charge in [0.2, 0.25) is 0 Å². The van der Waals surface area contributed by atoms with E-state index in [1.54, 1.807) is 0 Å². The zero-order valence-corrected chi connectivity index (χ0v) is 13.3. The number of nitrogens with one attached hydrogen (secondary N) is 1. The van der Waals surface area contributed by atoms with Crippen molar-refractivity contribution in [1.29, 1.82) is 0 Å². The Hall–Kier alpha value is -2.44. The number of aryl methyl sites for hydroxylation is 1. The normalized spacial score (nSPS) is 11.3. The van der Waals surface area contributed by atoms with Gasteiger partial charge in [-0.15, -0.1) is 10.2 Å². The predicted molar refractivity (Wildman–Crippen MR) is 81.8 cm³/mol. The third kappa shape index (κ3) is 4.28. The van der Waals surface area contributed by atoms with Crippen LogP contribution in [0.1, 0.15) is 37.0 Å². The molecule has 2 rings (SSSR count). The lowest BCUT2D eigenvalue weighted by molar-refractivity contribution is 0.0935. The first-order valence-electron chi connectivity index (χ1n) is 7.14. The molecular weight excluding hydrogens is 282 g/mol. The summed E-state index contributed by atoms with van der Waals surface area (Å²) in [5.41, 5.74) is 0.869. The Morgan fingerprint density at radius 3 is 2.55 bits per heavy atom. The molecule has 0 aliphatic heterocycles. The smallest absolute Gasteiger partial charge is 0.293 e. The van der Waals surface area contributed by atoms with Crippen LogP contribution in [0.15, 0.2) is 24.3 Å². The number of ether oxygens (including phenoxy) is 1. The molecule has 0 aliphatic rings. The van der Waals surface area contributed by atoms with Crippen molar-refractivity contribution in [3.8, 4) is 5.75 Å². The third-order valence-electron chi connectivity index (χ3n) is 2.89. The van der Waals surface area contributed by atoms with Gasteiger partial charge in [0.25, 0.3) is 11.7 Å². The molecule has 118 valence electrons. The van der Waals surface area contributed by atoms with Gasteiger partial charge < -0.3 is 10.1 Å². The van der Waals surface area contributed by atoms with Gasteiger partial charge in [-0.3, -0.25) is 4.79 Å². The predicted octanol–water partition coefficient (Wildman–Crippen LogP) is 1.55. The molecule has 2 aromatic rings. The SMILES string of the molecule is Cc1ccc(OCCNC(=O)c2nnn(C(C)(C)C)n2)cc1. The maximum Gasteiger partial charge on any atom is 0.293 e. The molecule has 1 heterocycles. The molecule has 0 atom stereocenters. The largest absolute Gasteiger partial charge is 0.492 e. The lowest BCUT2D eigenvalue weighted by atomic mass is 10.1. The number of aromatic nitrogens is 4. The number of carbonyl (C=O) groups is 1. The summed E-state index contributed by atoms with van der Waals surface area (Å²) in [6, 6.07) is 7.74. The second-order valence-corrected chi connectivity index (χ2v) is 5.99. The van der Waals surface area contributed by atoms with Gasteiger partial charge in [-0.05, 0) is 45.0 Å². The van der Waals surface area contributed by atoms with Crippen molar-refractivity contribution in [1.82, 2.24) is 25.5 Å². The summed E-state index contributed by atoms with van der Waals surface area (Å²) >= 11 is 0. The maximum absolute atomic E-state index is 11.9. The highest BCUT2D eigenvalue weighted by Crippen LogP contribution is 2.11. The first kappa shape index (κ1) is 15.9. The summed E-state index contributed by atoms with van der Waals surface area (Å²) in [5, 5.41) is 14.4. The minimum absolute atomic E-state index is 0.0604. The second kappa shape index (κ2) is 6.55. The standard InChI is InChI=1S/C15H21N5O2/c1-11-5-7-12(8-6-11)22-10-9-16-14(21)13-17-19-20(18-13)15(2,3)4/h5-8H,9-10H2,1-4H3,(H,16,21). The van der Waals surface area contributed by atoms with Gasteiger partial charge in [0.15, 0.2) is 0 Å². The van der Waals surface area contributed by atoms with Gasteiger partial charge in [-0.1, -0.05) is 17.7 Å². The Bertz CT molecular complexity index is 628. The number of tetrazole rings is 1. The van der Waals surface area contributed by atoms with E-state index in [-0.39, 0.29) is 17.3 Å². The molecule has 1 N–H and O–H groups in total. The quantitative estimate of drug-likeness (QED) is 0.847. The van der Waals surface area contributed by atoms with E-state index in [0.29, 0.717) is 13.2 Å². The Labute approximate surface area is 129 Å². The van der Waals surface area contributed by atoms with E-state index in [2.05, 4.69) is 20.7 Å². The van der Waals surface area contributed by atoms with Crippen LogP contribution in [0.3, 0.4) is 0 Å². The molecular formula is C15H21N5O2. The van der Waals surface area contributed by atoms with Crippen LogP contribution in [0.25, 0.3) is 0 Å². The van der Waals surface area contributed by atoms with Crippen molar-refractivity contribution < 1.29 is 9.53 Å². The van der Waals surface area contributed by atoms with E-state index in [1.807, 2.05) is 52.0 Å². The first-order chi connectivity index (χ1) is 10.4. The monoisotopic (exact) mass is 303 g/mol. The minimum Gasteiger partial charge on any atom is -0.492 e. The first-order valence-corrected chi connectivity index (χ1v) is 7.14. The summed E-state index contributed by atoms with van der Waals surface area (Å²) in [5.74, 6) is 0.477. The Balaban J connectivity index is 1.78. The van der Waals surface area contributed by atoms with E-state index in [0.717, 1.165) is 5.75 Å². The number of amides is 1. The fourth-order valence-electron chi connectivity index (χ4n) is 1.64. The fraction of sp³-hybridized carbons (Fsp3) is 0.467. The highest BCUT2D eigenvalue weighted by molar-refractivity contribution is 5.90. The number of benzene rings is 1. The molecule has 1 amide bonds. The average Bonchev–Trinajstić information content (AvgIpc) is 2.95. The van der Waals surface area contributed by atoms with Gasteiger partial charge in [-0.2, -0.15) is 4.80 Å². The summed E-state index contributed by atoms with van der Waals surface area (Å²) < 4.78 is 5.53. The second-order valence-electron chi connectivity index (χ2n) is 5.99. The summed E-state index contributed by atoms with van der Waals surface area (Å²) in [6.07, 6.45) is 0. The number of hydrogen-bond acceptors (Lipinski definition) is 5. The molecule has 0 unspecified atom stereocenters. The highest BCUT2D eigenvalue weighted by atomic mass is 16.5. The summed E-state index contributed by atoms with van der Waals surface area (Å²) in [4.78, 5) is 13.3. The van der Waals surface area contributed by atoms with Crippen molar-refractivity contribution in [3.05, 3.63) is 35.7 Å². The molecule has 1 aromatic heterocycles. The Morgan fingerprint density at radius 1 is 1.27 bits per heavy atom. The molecule has 22 heavy (non-hydrogen) atoms. The lowest BCUT2D eigenvalue weighted by Gasteiger charge is -2.15. The van der Waals surface area contributed by atoms with Gasteiger partial charge in [0.1, 0.15) is 12.4 Å². The van der Waals surface area contributed by atoms with Crippen LogP contribution in [-0.2, 0) is 5.54 Å². The van der Waals surface area contributed by atoms with Crippen molar-refractivity contribution in [2.24, 2.45) is 0 Å². The van der Waals surface area contributed by atoms with Crippen LogP contribution in [-0.4, -0.2) is 39.3 Å². The van der Waals surface area contributed by atoms with Crippen LogP contribution in [0.2, 0.25) is 0 Å². The van der Waals surface area contributed by atoms with Crippen LogP contribution in [0, 0.1) is 6.92 Å². The van der Waals surface area contributed by atoms with E-state index in [1.165, 1.54) is 10.4 Å². The van der Waals surface area contributed by atoms with Crippen molar-refractivity contribution in [2.45, 2.75) is 33.2 Å². The number of hydrogen-bond donors (Lipinski definition) is 1. The molecule has 0 saturated carbocycles. The van der Waals surface area contributed by atoms with Crippen LogP contribution in [0.5, 0.6) is 5.75 Å². The van der Waals surface area contributed by atoms with Gasteiger partial charge in [-0.25, -0.2) is 0 Å². The molecule has 0 fully saturated rings. The topological polar surface area (TPSA) is 81.9 Å². The summed E-state index contributed by atoms with van der Waals surface area (Å²) in [6.45, 7) is 8.57. The molecule has 0 spiro atoms. The molecule has 7 nitrogen and oxygen atoms in total. The van der Waals surface area contributed by atoms with Gasteiger partial charge >= 0.3 is 0 Å². The van der Waals surface area contributed by atoms with Gasteiger partial charge in [0.05, 0.1) is 12.1 Å². The molecule has 0 saturated heterocycles. The third-order valence-corrected chi connectivity index (χ3v) is 2.89. The fourth-order valence-corrected chi connectivity index (χ4v) is 1.64. The van der Waals surface area contributed by atoms with Crippen molar-refractivity contribution in [3.63, 3.8) is 0 Å². The zero-order valence-electron chi connectivity index (χ0n) is 13.3. The number of nitrogens with zero attached hydrogens (tertiary/aromatic N) is 4. The average molecular weight is 303 g/mol. The molecule has 0 radical (unpaired) electrons. The highest BCUT2D eigenvalue weighted by Gasteiger charge is 2.19. The maximum atomic E-state index is 11.9. The lowest BCUT2D eigenvalue weighted by Crippen LogP contribution is -2.30. The minimum atomic E-state index is -0.358. The molecule has 0 bridgehead atoms. The van der Waals surface area contributed by atoms with Crippen LogP contribution < -0.4 is 10.1 Å². The van der Waals surface area contributed by atoms with Crippen LogP contribution >= 0.6 is 0 Å². The summed E-state index contributed by atoms with van der Waals surface area (Å²) in [7, 11) is 0. The van der Waals surface area contributed by atoms with E-state index in [4.69, 9.17) is 4.74 Å². The zero-order chi connectivity index (χ0) is 16.2. The molecule has 0 aliphatic carbocycles. The molecule has 1 aromatic carbocycles. The number of rotatable bonds is 5. The van der Waals surface area contributed by atoms with E-state index >= 15 is 0 Å². The van der Waals surface area contributed by atoms with Crippen LogP contribution in [0.4, 0.5) is 0 Å². The van der Waals surface area contributed by atoms with E-state index in [9.17, 15) is 4.79 Å².